The molecule has 0 saturated heterocycles. The van der Waals surface area contributed by atoms with Crippen molar-refractivity contribution in [3.63, 3.8) is 0 Å². The van der Waals surface area contributed by atoms with E-state index in [1.807, 2.05) is 0 Å². The zero-order chi connectivity index (χ0) is 14.6. The van der Waals surface area contributed by atoms with Gasteiger partial charge in [-0.05, 0) is 19.1 Å². The van der Waals surface area contributed by atoms with Gasteiger partial charge in [-0.3, -0.25) is 0 Å². The predicted molar refractivity (Wildman–Crippen MR) is 69.0 cm³/mol. The smallest absolute Gasteiger partial charge is 0.243 e. The average molecular weight is 312 g/mol. The molecule has 0 aromatic heterocycles. The number of nitrogens with one attached hydrogen (secondary N) is 1. The van der Waals surface area contributed by atoms with Crippen LogP contribution in [0.1, 0.15) is 12.5 Å². The first-order chi connectivity index (χ1) is 8.81. The summed E-state index contributed by atoms with van der Waals surface area (Å²) in [7, 11) is -2.62. The molecule has 1 unspecified atom stereocenters. The molecule has 108 valence electrons. The zero-order valence-electron chi connectivity index (χ0n) is 10.5. The highest BCUT2D eigenvalue weighted by Crippen LogP contribution is 2.23. The van der Waals surface area contributed by atoms with E-state index in [4.69, 9.17) is 21.4 Å². The van der Waals surface area contributed by atoms with Crippen LogP contribution in [0.25, 0.3) is 0 Å². The first-order valence-electron chi connectivity index (χ1n) is 5.43. The predicted octanol–water partition coefficient (Wildman–Crippen LogP) is 1.28. The molecule has 2 N–H and O–H groups in total. The third-order valence-electron chi connectivity index (χ3n) is 2.50. The van der Waals surface area contributed by atoms with Gasteiger partial charge in [0.2, 0.25) is 10.0 Å². The van der Waals surface area contributed by atoms with Gasteiger partial charge in [-0.1, -0.05) is 11.6 Å². The number of halogens is 2. The van der Waals surface area contributed by atoms with Crippen LogP contribution in [0, 0.1) is 5.82 Å². The van der Waals surface area contributed by atoms with Gasteiger partial charge in [0.25, 0.3) is 0 Å². The van der Waals surface area contributed by atoms with Crippen LogP contribution >= 0.6 is 11.6 Å². The second-order valence-electron chi connectivity index (χ2n) is 3.93. The fourth-order valence-electron chi connectivity index (χ4n) is 1.32. The Morgan fingerprint density at radius 3 is 2.68 bits per heavy atom. The third-order valence-corrected chi connectivity index (χ3v) is 4.14. The molecule has 0 spiro atoms. The summed E-state index contributed by atoms with van der Waals surface area (Å²) in [5.41, 5.74) is -0.173. The largest absolute Gasteiger partial charge is 0.392 e. The number of hydrogen-bond acceptors (Lipinski definition) is 4. The molecule has 0 aliphatic heterocycles. The summed E-state index contributed by atoms with van der Waals surface area (Å²) in [5.74, 6) is -1.01. The molecule has 0 aliphatic rings. The van der Waals surface area contributed by atoms with Gasteiger partial charge >= 0.3 is 0 Å². The van der Waals surface area contributed by atoms with Crippen LogP contribution < -0.4 is 4.72 Å². The van der Waals surface area contributed by atoms with E-state index in [-0.39, 0.29) is 23.2 Å². The number of aliphatic hydroxyl groups is 1. The highest BCUT2D eigenvalue weighted by atomic mass is 35.5. The molecule has 0 amide bonds. The second kappa shape index (κ2) is 6.62. The number of benzene rings is 1. The Hall–Kier alpha value is -0.730. The third kappa shape index (κ3) is 4.12. The van der Waals surface area contributed by atoms with Crippen LogP contribution in [0.4, 0.5) is 4.39 Å². The van der Waals surface area contributed by atoms with E-state index in [0.717, 1.165) is 6.07 Å². The van der Waals surface area contributed by atoms with Crippen molar-refractivity contribution in [2.24, 2.45) is 0 Å². The van der Waals surface area contributed by atoms with Crippen molar-refractivity contribution < 1.29 is 22.7 Å². The van der Waals surface area contributed by atoms with Crippen LogP contribution in [0.2, 0.25) is 5.02 Å². The van der Waals surface area contributed by atoms with Crippen LogP contribution in [0.3, 0.4) is 0 Å². The molecule has 0 saturated carbocycles. The first kappa shape index (κ1) is 16.3. The maximum Gasteiger partial charge on any atom is 0.243 e. The Labute approximate surface area is 116 Å². The fourth-order valence-corrected chi connectivity index (χ4v) is 2.88. The lowest BCUT2D eigenvalue weighted by atomic mass is 10.2. The van der Waals surface area contributed by atoms with E-state index < -0.39 is 27.3 Å². The summed E-state index contributed by atoms with van der Waals surface area (Å²) in [4.78, 5) is -0.590. The summed E-state index contributed by atoms with van der Waals surface area (Å²) in [6.45, 7) is 1.03. The quantitative estimate of drug-likeness (QED) is 0.830. The standard InChI is InChI=1S/C11H15ClFNO4S/c1-7(18-2)5-14-19(16,17)10-4-9(12)3-8(6-15)11(10)13/h3-4,7,14-15H,5-6H2,1-2H3. The minimum Gasteiger partial charge on any atom is -0.392 e. The van der Waals surface area contributed by atoms with Gasteiger partial charge in [0.05, 0.1) is 12.7 Å². The monoisotopic (exact) mass is 311 g/mol. The fraction of sp³-hybridized carbons (Fsp3) is 0.455. The van der Waals surface area contributed by atoms with E-state index in [0.29, 0.717) is 0 Å². The van der Waals surface area contributed by atoms with Gasteiger partial charge < -0.3 is 9.84 Å². The number of methoxy groups -OCH3 is 1. The van der Waals surface area contributed by atoms with E-state index in [1.54, 1.807) is 6.92 Å². The Morgan fingerprint density at radius 1 is 1.53 bits per heavy atom. The van der Waals surface area contributed by atoms with Gasteiger partial charge in [0.1, 0.15) is 10.7 Å². The maximum absolute atomic E-state index is 13.9. The Balaban J connectivity index is 3.11. The summed E-state index contributed by atoms with van der Waals surface area (Å²) in [5, 5.41) is 8.99. The van der Waals surface area contributed by atoms with E-state index in [2.05, 4.69) is 4.72 Å². The molecule has 0 aliphatic carbocycles. The first-order valence-corrected chi connectivity index (χ1v) is 7.29. The van der Waals surface area contributed by atoms with Crippen molar-refractivity contribution >= 4 is 21.6 Å². The molecule has 1 rings (SSSR count). The van der Waals surface area contributed by atoms with E-state index in [9.17, 15) is 12.8 Å². The lowest BCUT2D eigenvalue weighted by molar-refractivity contribution is 0.122. The minimum atomic E-state index is -4.05. The maximum atomic E-state index is 13.9. The number of sulfonamides is 1. The molecule has 5 nitrogen and oxygen atoms in total. The van der Waals surface area contributed by atoms with Crippen molar-refractivity contribution in [1.82, 2.24) is 4.72 Å². The van der Waals surface area contributed by atoms with Gasteiger partial charge in [-0.15, -0.1) is 0 Å². The molecule has 1 aromatic rings. The van der Waals surface area contributed by atoms with E-state index in [1.165, 1.54) is 13.2 Å². The summed E-state index contributed by atoms with van der Waals surface area (Å²) < 4.78 is 44.9. The van der Waals surface area contributed by atoms with Crippen LogP contribution in [0.5, 0.6) is 0 Å². The Kier molecular flexibility index (Phi) is 5.69. The Morgan fingerprint density at radius 2 is 2.16 bits per heavy atom. The van der Waals surface area contributed by atoms with E-state index >= 15 is 0 Å². The minimum absolute atomic E-state index is 0.000749. The zero-order valence-corrected chi connectivity index (χ0v) is 12.1. The molecular weight excluding hydrogens is 297 g/mol. The van der Waals surface area contributed by atoms with Crippen molar-refractivity contribution in [2.75, 3.05) is 13.7 Å². The summed E-state index contributed by atoms with van der Waals surface area (Å²) in [6.07, 6.45) is -0.352. The number of aliphatic hydroxyl groups excluding tert-OH is 1. The lowest BCUT2D eigenvalue weighted by Crippen LogP contribution is -2.32. The molecule has 0 fully saturated rings. The number of rotatable bonds is 6. The van der Waals surface area contributed by atoms with Gasteiger partial charge in [0, 0.05) is 24.2 Å². The summed E-state index contributed by atoms with van der Waals surface area (Å²) in [6, 6.07) is 2.17. The topological polar surface area (TPSA) is 75.6 Å². The van der Waals surface area contributed by atoms with Gasteiger partial charge in [-0.2, -0.15) is 0 Å². The number of hydrogen-bond donors (Lipinski definition) is 2. The molecular formula is C11H15ClFNO4S. The van der Waals surface area contributed by atoms with Crippen molar-refractivity contribution in [3.05, 3.63) is 28.5 Å². The SMILES string of the molecule is COC(C)CNS(=O)(=O)c1cc(Cl)cc(CO)c1F. The van der Waals surface area contributed by atoms with Crippen LogP contribution in [0.15, 0.2) is 17.0 Å². The average Bonchev–Trinajstić information content (AvgIpc) is 2.38. The van der Waals surface area contributed by atoms with Crippen LogP contribution in [-0.2, 0) is 21.4 Å². The molecule has 0 bridgehead atoms. The molecule has 0 heterocycles. The van der Waals surface area contributed by atoms with Crippen molar-refractivity contribution in [2.45, 2.75) is 24.5 Å². The molecule has 8 heteroatoms. The van der Waals surface area contributed by atoms with Crippen LogP contribution in [-0.4, -0.2) is 33.3 Å². The second-order valence-corrected chi connectivity index (χ2v) is 6.11. The normalized spacial score (nSPS) is 13.5. The van der Waals surface area contributed by atoms with Gasteiger partial charge in [-0.25, -0.2) is 17.5 Å². The van der Waals surface area contributed by atoms with Crippen molar-refractivity contribution in [3.8, 4) is 0 Å². The highest BCUT2D eigenvalue weighted by Gasteiger charge is 2.22. The highest BCUT2D eigenvalue weighted by molar-refractivity contribution is 7.89. The lowest BCUT2D eigenvalue weighted by Gasteiger charge is -2.13. The molecule has 19 heavy (non-hydrogen) atoms. The Bertz CT molecular complexity index is 550. The number of ether oxygens (including phenoxy) is 1. The molecule has 1 atom stereocenters. The van der Waals surface area contributed by atoms with Gasteiger partial charge in [0.15, 0.2) is 0 Å². The molecule has 1 aromatic carbocycles. The van der Waals surface area contributed by atoms with Crippen molar-refractivity contribution in [1.29, 1.82) is 0 Å². The molecule has 0 radical (unpaired) electrons. The summed E-state index contributed by atoms with van der Waals surface area (Å²) >= 11 is 5.70.